The second-order valence-corrected chi connectivity index (χ2v) is 2.73. The summed E-state index contributed by atoms with van der Waals surface area (Å²) in [4.78, 5) is 25.6. The highest BCUT2D eigenvalue weighted by Gasteiger charge is 2.07. The van der Waals surface area contributed by atoms with Gasteiger partial charge in [-0.1, -0.05) is 0 Å². The fourth-order valence-corrected chi connectivity index (χ4v) is 0.893. The number of aromatic nitrogens is 1. The minimum atomic E-state index is -0.600. The first kappa shape index (κ1) is 11.0. The lowest BCUT2D eigenvalue weighted by molar-refractivity contribution is -0.117. The molecule has 1 aromatic heterocycles. The summed E-state index contributed by atoms with van der Waals surface area (Å²) in [7, 11) is 1.50. The zero-order chi connectivity index (χ0) is 11.3. The Hall–Kier alpha value is -2.11. The summed E-state index contributed by atoms with van der Waals surface area (Å²) in [5.41, 5.74) is 5.08. The number of nitrogens with one attached hydrogen (secondary N) is 1. The van der Waals surface area contributed by atoms with Crippen LogP contribution in [0.3, 0.4) is 0 Å². The Balaban J connectivity index is 2.62. The van der Waals surface area contributed by atoms with Crippen molar-refractivity contribution in [2.45, 2.75) is 0 Å². The van der Waals surface area contributed by atoms with E-state index in [0.29, 0.717) is 5.75 Å². The molecule has 6 nitrogen and oxygen atoms in total. The van der Waals surface area contributed by atoms with E-state index in [2.05, 4.69) is 10.3 Å². The van der Waals surface area contributed by atoms with Crippen LogP contribution in [0.1, 0.15) is 10.5 Å². The van der Waals surface area contributed by atoms with Crippen LogP contribution in [-0.4, -0.2) is 30.5 Å². The lowest BCUT2D eigenvalue weighted by Crippen LogP contribution is -2.33. The molecule has 2 amide bonds. The van der Waals surface area contributed by atoms with Gasteiger partial charge in [-0.2, -0.15) is 0 Å². The molecular formula is C9H11N3O3. The molecule has 0 aromatic carbocycles. The zero-order valence-corrected chi connectivity index (χ0v) is 8.19. The molecule has 0 aliphatic rings. The minimum Gasteiger partial charge on any atom is -0.495 e. The molecule has 0 atom stereocenters. The highest BCUT2D eigenvalue weighted by atomic mass is 16.5. The summed E-state index contributed by atoms with van der Waals surface area (Å²) in [6.07, 6.45) is 1.42. The number of rotatable bonds is 4. The number of hydrogen-bond acceptors (Lipinski definition) is 4. The van der Waals surface area contributed by atoms with Crippen LogP contribution in [0.15, 0.2) is 18.3 Å². The maximum Gasteiger partial charge on any atom is 0.270 e. The van der Waals surface area contributed by atoms with Crippen molar-refractivity contribution in [3.8, 4) is 5.75 Å². The third kappa shape index (κ3) is 3.26. The van der Waals surface area contributed by atoms with Crippen molar-refractivity contribution in [3.63, 3.8) is 0 Å². The Morgan fingerprint density at radius 1 is 1.53 bits per heavy atom. The molecule has 15 heavy (non-hydrogen) atoms. The van der Waals surface area contributed by atoms with Gasteiger partial charge in [-0.25, -0.2) is 4.98 Å². The van der Waals surface area contributed by atoms with E-state index in [4.69, 9.17) is 10.5 Å². The van der Waals surface area contributed by atoms with Gasteiger partial charge in [-0.05, 0) is 12.1 Å². The Kier molecular flexibility index (Phi) is 3.61. The van der Waals surface area contributed by atoms with Gasteiger partial charge in [0.25, 0.3) is 5.91 Å². The van der Waals surface area contributed by atoms with Crippen LogP contribution in [0.2, 0.25) is 0 Å². The summed E-state index contributed by atoms with van der Waals surface area (Å²) in [6.45, 7) is -0.202. The predicted molar refractivity (Wildman–Crippen MR) is 52.3 cm³/mol. The molecule has 0 fully saturated rings. The maximum atomic E-state index is 11.3. The third-order valence-electron chi connectivity index (χ3n) is 1.63. The van der Waals surface area contributed by atoms with Gasteiger partial charge in [0.2, 0.25) is 5.91 Å². The molecule has 0 aliphatic carbocycles. The van der Waals surface area contributed by atoms with Crippen LogP contribution in [0.25, 0.3) is 0 Å². The molecule has 1 heterocycles. The van der Waals surface area contributed by atoms with Crippen molar-refractivity contribution < 1.29 is 14.3 Å². The molecule has 0 radical (unpaired) electrons. The minimum absolute atomic E-state index is 0.202. The number of nitrogens with zero attached hydrogens (tertiary/aromatic N) is 1. The SMILES string of the molecule is COc1ccc(C(=O)NCC(N)=O)nc1. The molecule has 80 valence electrons. The van der Waals surface area contributed by atoms with Crippen molar-refractivity contribution in [2.75, 3.05) is 13.7 Å². The molecule has 0 spiro atoms. The number of ether oxygens (including phenoxy) is 1. The van der Waals surface area contributed by atoms with Gasteiger partial charge in [0, 0.05) is 0 Å². The van der Waals surface area contributed by atoms with Gasteiger partial charge < -0.3 is 15.8 Å². The van der Waals surface area contributed by atoms with E-state index >= 15 is 0 Å². The number of nitrogens with two attached hydrogens (primary N) is 1. The first-order chi connectivity index (χ1) is 7.13. The predicted octanol–water partition coefficient (Wildman–Crippen LogP) is -0.695. The molecule has 3 N–H and O–H groups in total. The fraction of sp³-hybridized carbons (Fsp3) is 0.222. The van der Waals surface area contributed by atoms with Gasteiger partial charge in [-0.15, -0.1) is 0 Å². The van der Waals surface area contributed by atoms with Crippen molar-refractivity contribution in [1.29, 1.82) is 0 Å². The topological polar surface area (TPSA) is 94.3 Å². The van der Waals surface area contributed by atoms with Crippen LogP contribution in [0, 0.1) is 0 Å². The third-order valence-corrected chi connectivity index (χ3v) is 1.63. The normalized spacial score (nSPS) is 9.40. The van der Waals surface area contributed by atoms with E-state index in [1.165, 1.54) is 19.4 Å². The lowest BCUT2D eigenvalue weighted by atomic mass is 10.3. The molecule has 0 aliphatic heterocycles. The second kappa shape index (κ2) is 4.94. The summed E-state index contributed by atoms with van der Waals surface area (Å²) in [5, 5.41) is 2.32. The van der Waals surface area contributed by atoms with Crippen LogP contribution in [-0.2, 0) is 4.79 Å². The Morgan fingerprint density at radius 3 is 2.73 bits per heavy atom. The molecular weight excluding hydrogens is 198 g/mol. The number of methoxy groups -OCH3 is 1. The summed E-state index contributed by atoms with van der Waals surface area (Å²) < 4.78 is 4.88. The summed E-state index contributed by atoms with van der Waals surface area (Å²) in [5.74, 6) is -0.491. The average molecular weight is 209 g/mol. The molecule has 0 saturated heterocycles. The van der Waals surface area contributed by atoms with Crippen molar-refractivity contribution in [1.82, 2.24) is 10.3 Å². The van der Waals surface area contributed by atoms with E-state index in [0.717, 1.165) is 0 Å². The van der Waals surface area contributed by atoms with Gasteiger partial charge in [0.05, 0.1) is 19.9 Å². The summed E-state index contributed by atoms with van der Waals surface area (Å²) >= 11 is 0. The van der Waals surface area contributed by atoms with E-state index in [1.807, 2.05) is 0 Å². The Labute approximate surface area is 86.4 Å². The van der Waals surface area contributed by atoms with E-state index in [1.54, 1.807) is 6.07 Å². The quantitative estimate of drug-likeness (QED) is 0.685. The standard InChI is InChI=1S/C9H11N3O3/c1-15-6-2-3-7(11-4-6)9(14)12-5-8(10)13/h2-4H,5H2,1H3,(H2,10,13)(H,12,14). The van der Waals surface area contributed by atoms with Crippen molar-refractivity contribution in [3.05, 3.63) is 24.0 Å². The summed E-state index contributed by atoms with van der Waals surface area (Å²) in [6, 6.07) is 3.10. The van der Waals surface area contributed by atoms with Crippen LogP contribution >= 0.6 is 0 Å². The molecule has 1 aromatic rings. The van der Waals surface area contributed by atoms with Gasteiger partial charge in [0.15, 0.2) is 0 Å². The lowest BCUT2D eigenvalue weighted by Gasteiger charge is -2.02. The number of amides is 2. The van der Waals surface area contributed by atoms with Crippen molar-refractivity contribution >= 4 is 11.8 Å². The number of carbonyl (C=O) groups is 2. The first-order valence-electron chi connectivity index (χ1n) is 4.20. The Morgan fingerprint density at radius 2 is 2.27 bits per heavy atom. The second-order valence-electron chi connectivity index (χ2n) is 2.73. The van der Waals surface area contributed by atoms with E-state index < -0.39 is 11.8 Å². The number of hydrogen-bond donors (Lipinski definition) is 2. The smallest absolute Gasteiger partial charge is 0.270 e. The van der Waals surface area contributed by atoms with Crippen LogP contribution in [0.5, 0.6) is 5.75 Å². The largest absolute Gasteiger partial charge is 0.495 e. The van der Waals surface area contributed by atoms with Crippen LogP contribution < -0.4 is 15.8 Å². The number of carbonyl (C=O) groups excluding carboxylic acids is 2. The number of primary amides is 1. The molecule has 0 bridgehead atoms. The van der Waals surface area contributed by atoms with Gasteiger partial charge in [0.1, 0.15) is 11.4 Å². The monoisotopic (exact) mass is 209 g/mol. The number of pyridine rings is 1. The van der Waals surface area contributed by atoms with E-state index in [9.17, 15) is 9.59 Å². The zero-order valence-electron chi connectivity index (χ0n) is 8.19. The highest BCUT2D eigenvalue weighted by Crippen LogP contribution is 2.07. The Bertz CT molecular complexity index is 361. The molecule has 1 rings (SSSR count). The van der Waals surface area contributed by atoms with Gasteiger partial charge >= 0.3 is 0 Å². The average Bonchev–Trinajstić information content (AvgIpc) is 2.26. The van der Waals surface area contributed by atoms with Crippen LogP contribution in [0.4, 0.5) is 0 Å². The van der Waals surface area contributed by atoms with Crippen molar-refractivity contribution in [2.24, 2.45) is 5.73 Å². The molecule has 6 heteroatoms. The molecule has 0 saturated carbocycles. The van der Waals surface area contributed by atoms with E-state index in [-0.39, 0.29) is 12.2 Å². The maximum absolute atomic E-state index is 11.3. The highest BCUT2D eigenvalue weighted by molar-refractivity contribution is 5.94. The first-order valence-corrected chi connectivity index (χ1v) is 4.20. The fourth-order valence-electron chi connectivity index (χ4n) is 0.893. The van der Waals surface area contributed by atoms with Gasteiger partial charge in [-0.3, -0.25) is 9.59 Å². The molecule has 0 unspecified atom stereocenters.